The van der Waals surface area contributed by atoms with E-state index in [0.717, 1.165) is 18.1 Å². The maximum Gasteiger partial charge on any atom is 0.0221 e. The third-order valence-electron chi connectivity index (χ3n) is 4.77. The molecule has 1 saturated heterocycles. The average molecular weight is 251 g/mol. The summed E-state index contributed by atoms with van der Waals surface area (Å²) in [4.78, 5) is 5.46. The molecule has 104 valence electrons. The first kappa shape index (κ1) is 12.9. The first-order chi connectivity index (χ1) is 8.86. The van der Waals surface area contributed by atoms with E-state index >= 15 is 0 Å². The van der Waals surface area contributed by atoms with Crippen LogP contribution in [-0.4, -0.2) is 60.6 Å². The van der Waals surface area contributed by atoms with Gasteiger partial charge in [-0.25, -0.2) is 0 Å². The van der Waals surface area contributed by atoms with Gasteiger partial charge in [0.1, 0.15) is 0 Å². The Morgan fingerprint density at radius 2 is 1.78 bits per heavy atom. The van der Waals surface area contributed by atoms with E-state index < -0.39 is 0 Å². The van der Waals surface area contributed by atoms with Crippen LogP contribution in [0, 0.1) is 0 Å². The smallest absolute Gasteiger partial charge is 0.0221 e. The summed E-state index contributed by atoms with van der Waals surface area (Å²) in [5.41, 5.74) is 0. The summed E-state index contributed by atoms with van der Waals surface area (Å²) < 4.78 is 0. The van der Waals surface area contributed by atoms with E-state index in [4.69, 9.17) is 0 Å². The Morgan fingerprint density at radius 3 is 2.33 bits per heavy atom. The lowest BCUT2D eigenvalue weighted by Crippen LogP contribution is -2.53. The largest absolute Gasteiger partial charge is 0.312 e. The van der Waals surface area contributed by atoms with Gasteiger partial charge in [-0.1, -0.05) is 13.3 Å². The lowest BCUT2D eigenvalue weighted by molar-refractivity contribution is 0.0865. The van der Waals surface area contributed by atoms with E-state index in [1.165, 1.54) is 71.2 Å². The summed E-state index contributed by atoms with van der Waals surface area (Å²) in [5, 5.41) is 3.73. The molecule has 0 bridgehead atoms. The molecule has 1 atom stereocenters. The molecule has 2 aliphatic carbocycles. The predicted octanol–water partition coefficient (Wildman–Crippen LogP) is 1.69. The molecule has 0 radical (unpaired) electrons. The van der Waals surface area contributed by atoms with Crippen molar-refractivity contribution in [2.24, 2.45) is 0 Å². The summed E-state index contributed by atoms with van der Waals surface area (Å²) in [6.45, 7) is 8.77. The second-order valence-corrected chi connectivity index (χ2v) is 6.43. The maximum absolute atomic E-state index is 3.73. The molecule has 1 aliphatic heterocycles. The summed E-state index contributed by atoms with van der Waals surface area (Å²) >= 11 is 0. The fourth-order valence-electron chi connectivity index (χ4n) is 3.24. The monoisotopic (exact) mass is 251 g/mol. The minimum atomic E-state index is 0.789. The Bertz CT molecular complexity index is 252. The molecule has 3 heteroatoms. The van der Waals surface area contributed by atoms with Crippen molar-refractivity contribution >= 4 is 0 Å². The summed E-state index contributed by atoms with van der Waals surface area (Å²) in [6.07, 6.45) is 8.43. The van der Waals surface area contributed by atoms with Gasteiger partial charge in [0.25, 0.3) is 0 Å². The topological polar surface area (TPSA) is 18.5 Å². The minimum absolute atomic E-state index is 0.789. The van der Waals surface area contributed by atoms with Crippen LogP contribution < -0.4 is 5.32 Å². The van der Waals surface area contributed by atoms with Gasteiger partial charge in [0.05, 0.1) is 0 Å². The van der Waals surface area contributed by atoms with E-state index in [-0.39, 0.29) is 0 Å². The van der Waals surface area contributed by atoms with Gasteiger partial charge in [0.2, 0.25) is 0 Å². The predicted molar refractivity (Wildman–Crippen MR) is 75.9 cm³/mol. The molecular formula is C15H29N3. The molecule has 1 heterocycles. The van der Waals surface area contributed by atoms with Crippen molar-refractivity contribution in [3.05, 3.63) is 0 Å². The molecule has 0 aromatic heterocycles. The van der Waals surface area contributed by atoms with Gasteiger partial charge < -0.3 is 5.32 Å². The Balaban J connectivity index is 1.43. The molecule has 18 heavy (non-hydrogen) atoms. The number of nitrogens with zero attached hydrogens (tertiary/aromatic N) is 2. The Morgan fingerprint density at radius 1 is 1.06 bits per heavy atom. The normalized spacial score (nSPS) is 28.5. The first-order valence-corrected chi connectivity index (χ1v) is 8.08. The van der Waals surface area contributed by atoms with Crippen LogP contribution in [0.25, 0.3) is 0 Å². The molecule has 2 saturated carbocycles. The molecule has 3 fully saturated rings. The Kier molecular flexibility index (Phi) is 4.22. The average Bonchev–Trinajstić information content (AvgIpc) is 3.29. The second kappa shape index (κ2) is 5.89. The second-order valence-electron chi connectivity index (χ2n) is 6.43. The van der Waals surface area contributed by atoms with Crippen LogP contribution in [-0.2, 0) is 0 Å². The molecule has 0 aromatic rings. The molecule has 0 amide bonds. The number of rotatable bonds is 7. The Hall–Kier alpha value is -0.120. The van der Waals surface area contributed by atoms with Crippen molar-refractivity contribution in [1.29, 1.82) is 0 Å². The van der Waals surface area contributed by atoms with E-state index in [0.29, 0.717) is 0 Å². The van der Waals surface area contributed by atoms with Crippen molar-refractivity contribution in [3.63, 3.8) is 0 Å². The highest BCUT2D eigenvalue weighted by Gasteiger charge is 2.33. The minimum Gasteiger partial charge on any atom is -0.312 e. The number of hydrogen-bond acceptors (Lipinski definition) is 3. The number of piperazine rings is 1. The summed E-state index contributed by atoms with van der Waals surface area (Å²) in [6, 6.07) is 2.61. The van der Waals surface area contributed by atoms with Crippen LogP contribution in [0.4, 0.5) is 0 Å². The highest BCUT2D eigenvalue weighted by atomic mass is 15.3. The fourth-order valence-corrected chi connectivity index (χ4v) is 3.24. The van der Waals surface area contributed by atoms with Crippen molar-refractivity contribution in [3.8, 4) is 0 Å². The van der Waals surface area contributed by atoms with Gasteiger partial charge in [0.15, 0.2) is 0 Å². The quantitative estimate of drug-likeness (QED) is 0.743. The van der Waals surface area contributed by atoms with Crippen LogP contribution in [0.15, 0.2) is 0 Å². The Labute approximate surface area is 112 Å². The lowest BCUT2D eigenvalue weighted by Gasteiger charge is -2.39. The van der Waals surface area contributed by atoms with Crippen LogP contribution in [0.1, 0.15) is 45.4 Å². The van der Waals surface area contributed by atoms with Crippen molar-refractivity contribution in [2.75, 3.05) is 32.7 Å². The molecule has 3 rings (SSSR count). The molecular weight excluding hydrogens is 222 g/mol. The third-order valence-corrected chi connectivity index (χ3v) is 4.77. The van der Waals surface area contributed by atoms with E-state index in [9.17, 15) is 0 Å². The molecule has 3 aliphatic rings. The van der Waals surface area contributed by atoms with Gasteiger partial charge in [0, 0.05) is 50.8 Å². The van der Waals surface area contributed by atoms with E-state index in [2.05, 4.69) is 22.0 Å². The maximum atomic E-state index is 3.73. The number of nitrogens with one attached hydrogen (secondary N) is 1. The zero-order valence-electron chi connectivity index (χ0n) is 11.9. The SMILES string of the molecule is CCCC(CNC1CC1)N1CCN(C2CC2)CC1. The first-order valence-electron chi connectivity index (χ1n) is 8.08. The zero-order chi connectivity index (χ0) is 12.4. The lowest BCUT2D eigenvalue weighted by atomic mass is 10.1. The number of hydrogen-bond donors (Lipinski definition) is 1. The van der Waals surface area contributed by atoms with Crippen LogP contribution >= 0.6 is 0 Å². The van der Waals surface area contributed by atoms with Gasteiger partial charge in [-0.3, -0.25) is 9.80 Å². The van der Waals surface area contributed by atoms with Crippen LogP contribution in [0.3, 0.4) is 0 Å². The molecule has 0 spiro atoms. The zero-order valence-corrected chi connectivity index (χ0v) is 11.9. The summed E-state index contributed by atoms with van der Waals surface area (Å²) in [7, 11) is 0. The van der Waals surface area contributed by atoms with Crippen molar-refractivity contribution < 1.29 is 0 Å². The highest BCUT2D eigenvalue weighted by molar-refractivity contribution is 4.90. The van der Waals surface area contributed by atoms with Gasteiger partial charge in [-0.15, -0.1) is 0 Å². The third kappa shape index (κ3) is 3.46. The van der Waals surface area contributed by atoms with Gasteiger partial charge in [-0.2, -0.15) is 0 Å². The van der Waals surface area contributed by atoms with E-state index in [1.807, 2.05) is 0 Å². The molecule has 1 unspecified atom stereocenters. The van der Waals surface area contributed by atoms with Crippen molar-refractivity contribution in [1.82, 2.24) is 15.1 Å². The molecule has 1 N–H and O–H groups in total. The van der Waals surface area contributed by atoms with Crippen LogP contribution in [0.5, 0.6) is 0 Å². The molecule has 0 aromatic carbocycles. The van der Waals surface area contributed by atoms with Gasteiger partial charge >= 0.3 is 0 Å². The molecule has 3 nitrogen and oxygen atoms in total. The highest BCUT2D eigenvalue weighted by Crippen LogP contribution is 2.28. The van der Waals surface area contributed by atoms with Crippen LogP contribution in [0.2, 0.25) is 0 Å². The standard InChI is InChI=1S/C15H29N3/c1-2-3-15(12-16-13-4-5-13)18-10-8-17(9-11-18)14-6-7-14/h13-16H,2-12H2,1H3. The summed E-state index contributed by atoms with van der Waals surface area (Å²) in [5.74, 6) is 0. The van der Waals surface area contributed by atoms with Crippen molar-refractivity contribution in [2.45, 2.75) is 63.6 Å². The van der Waals surface area contributed by atoms with E-state index in [1.54, 1.807) is 0 Å². The fraction of sp³-hybridized carbons (Fsp3) is 1.00. The van der Waals surface area contributed by atoms with Gasteiger partial charge in [-0.05, 0) is 32.1 Å².